The summed E-state index contributed by atoms with van der Waals surface area (Å²) in [6.07, 6.45) is 3.79. The molecule has 13 heavy (non-hydrogen) atoms. The maximum Gasteiger partial charge on any atom is 0.237 e. The van der Waals surface area contributed by atoms with E-state index in [2.05, 4.69) is 11.9 Å². The lowest BCUT2D eigenvalue weighted by molar-refractivity contribution is -0.123. The second-order valence-corrected chi connectivity index (χ2v) is 3.90. The lowest BCUT2D eigenvalue weighted by atomic mass is 10.0. The van der Waals surface area contributed by atoms with Crippen molar-refractivity contribution in [2.75, 3.05) is 0 Å². The molecule has 0 fully saturated rings. The average molecular weight is 184 g/mol. The van der Waals surface area contributed by atoms with Crippen molar-refractivity contribution in [3.63, 3.8) is 0 Å². The fraction of sp³-hybridized carbons (Fsp3) is 0.700. The molecule has 0 aromatic heterocycles. The highest BCUT2D eigenvalue weighted by Crippen LogP contribution is 2.05. The van der Waals surface area contributed by atoms with Crippen LogP contribution in [0.1, 0.15) is 33.6 Å². The predicted molar refractivity (Wildman–Crippen MR) is 55.3 cm³/mol. The monoisotopic (exact) mass is 184 g/mol. The Kier molecular flexibility index (Phi) is 4.70. The summed E-state index contributed by atoms with van der Waals surface area (Å²) in [5.41, 5.74) is 4.60. The predicted octanol–water partition coefficient (Wildman–Crippen LogP) is 1.19. The molecule has 3 N–H and O–H groups in total. The van der Waals surface area contributed by atoms with E-state index in [-0.39, 0.29) is 11.9 Å². The molecule has 0 aromatic rings. The van der Waals surface area contributed by atoms with E-state index in [9.17, 15) is 4.79 Å². The summed E-state index contributed by atoms with van der Waals surface area (Å²) in [4.78, 5) is 11.0. The molecular weight excluding hydrogens is 164 g/mol. The number of primary amides is 1. The minimum absolute atomic E-state index is 0.278. The van der Waals surface area contributed by atoms with Crippen LogP contribution in [0, 0.1) is 0 Å². The number of rotatable bonds is 6. The van der Waals surface area contributed by atoms with Crippen molar-refractivity contribution in [3.8, 4) is 0 Å². The minimum atomic E-state index is -0.624. The van der Waals surface area contributed by atoms with Gasteiger partial charge in [-0.05, 0) is 33.6 Å². The van der Waals surface area contributed by atoms with Gasteiger partial charge in [-0.25, -0.2) is 0 Å². The first-order chi connectivity index (χ1) is 5.90. The number of amides is 1. The van der Waals surface area contributed by atoms with Crippen molar-refractivity contribution in [3.05, 3.63) is 12.7 Å². The summed E-state index contributed by atoms with van der Waals surface area (Å²) < 4.78 is 0. The van der Waals surface area contributed by atoms with E-state index in [1.54, 1.807) is 13.8 Å². The Balaban J connectivity index is 3.95. The van der Waals surface area contributed by atoms with Gasteiger partial charge in [-0.15, -0.1) is 6.58 Å². The van der Waals surface area contributed by atoms with Crippen molar-refractivity contribution in [1.82, 2.24) is 5.32 Å². The SMILES string of the molecule is C=CCCC(C)NC(C)(C)C(N)=O. The molecule has 0 aliphatic heterocycles. The molecule has 1 atom stereocenters. The van der Waals surface area contributed by atoms with Crippen LogP contribution in [-0.4, -0.2) is 17.5 Å². The summed E-state index contributed by atoms with van der Waals surface area (Å²) >= 11 is 0. The minimum Gasteiger partial charge on any atom is -0.368 e. The molecule has 0 saturated heterocycles. The van der Waals surface area contributed by atoms with Gasteiger partial charge in [-0.3, -0.25) is 4.79 Å². The van der Waals surface area contributed by atoms with Crippen molar-refractivity contribution in [2.45, 2.75) is 45.2 Å². The van der Waals surface area contributed by atoms with Gasteiger partial charge in [0.05, 0.1) is 5.54 Å². The molecule has 0 spiro atoms. The lowest BCUT2D eigenvalue weighted by Crippen LogP contribution is -2.53. The molecule has 0 rings (SSSR count). The topological polar surface area (TPSA) is 55.1 Å². The first kappa shape index (κ1) is 12.2. The van der Waals surface area contributed by atoms with Crippen LogP contribution in [0.4, 0.5) is 0 Å². The van der Waals surface area contributed by atoms with Crippen molar-refractivity contribution in [2.24, 2.45) is 5.73 Å². The van der Waals surface area contributed by atoms with Crippen LogP contribution in [-0.2, 0) is 4.79 Å². The van der Waals surface area contributed by atoms with Crippen LogP contribution in [0.5, 0.6) is 0 Å². The molecule has 0 radical (unpaired) electrons. The summed E-state index contributed by atoms with van der Waals surface area (Å²) in [5.74, 6) is -0.321. The van der Waals surface area contributed by atoms with Crippen LogP contribution in [0.15, 0.2) is 12.7 Å². The normalized spacial score (nSPS) is 13.8. The number of nitrogens with one attached hydrogen (secondary N) is 1. The molecule has 3 heteroatoms. The van der Waals surface area contributed by atoms with E-state index >= 15 is 0 Å². The summed E-state index contributed by atoms with van der Waals surface area (Å²) in [6, 6.07) is 0.278. The Morgan fingerprint density at radius 3 is 2.62 bits per heavy atom. The van der Waals surface area contributed by atoms with Crippen LogP contribution in [0.3, 0.4) is 0 Å². The molecule has 3 nitrogen and oxygen atoms in total. The number of allylic oxidation sites excluding steroid dienone is 1. The molecule has 1 unspecified atom stereocenters. The second-order valence-electron chi connectivity index (χ2n) is 3.90. The summed E-state index contributed by atoms with van der Waals surface area (Å²) in [6.45, 7) is 9.26. The number of hydrogen-bond acceptors (Lipinski definition) is 2. The lowest BCUT2D eigenvalue weighted by Gasteiger charge is -2.26. The van der Waals surface area contributed by atoms with Gasteiger partial charge in [0.15, 0.2) is 0 Å². The molecule has 0 saturated carbocycles. The maximum atomic E-state index is 11.0. The number of carbonyl (C=O) groups excluding carboxylic acids is 1. The molecule has 0 bridgehead atoms. The zero-order valence-electron chi connectivity index (χ0n) is 8.76. The van der Waals surface area contributed by atoms with Gasteiger partial charge in [0.25, 0.3) is 0 Å². The summed E-state index contributed by atoms with van der Waals surface area (Å²) in [5, 5.41) is 3.17. The second kappa shape index (κ2) is 5.02. The maximum absolute atomic E-state index is 11.0. The van der Waals surface area contributed by atoms with E-state index in [0.717, 1.165) is 12.8 Å². The number of carbonyl (C=O) groups is 1. The fourth-order valence-corrected chi connectivity index (χ4v) is 1.13. The first-order valence-electron chi connectivity index (χ1n) is 4.58. The number of nitrogens with two attached hydrogens (primary N) is 1. The third-order valence-electron chi connectivity index (χ3n) is 2.03. The van der Waals surface area contributed by atoms with Crippen molar-refractivity contribution >= 4 is 5.91 Å². The highest BCUT2D eigenvalue weighted by atomic mass is 16.1. The third-order valence-corrected chi connectivity index (χ3v) is 2.03. The van der Waals surface area contributed by atoms with Gasteiger partial charge < -0.3 is 11.1 Å². The van der Waals surface area contributed by atoms with E-state index in [4.69, 9.17) is 5.73 Å². The highest BCUT2D eigenvalue weighted by molar-refractivity contribution is 5.83. The van der Waals surface area contributed by atoms with Crippen LogP contribution in [0.25, 0.3) is 0 Å². The number of hydrogen-bond donors (Lipinski definition) is 2. The zero-order valence-corrected chi connectivity index (χ0v) is 8.76. The van der Waals surface area contributed by atoms with Crippen LogP contribution >= 0.6 is 0 Å². The van der Waals surface area contributed by atoms with Gasteiger partial charge in [0, 0.05) is 6.04 Å². The Morgan fingerprint density at radius 1 is 1.69 bits per heavy atom. The van der Waals surface area contributed by atoms with Crippen molar-refractivity contribution in [1.29, 1.82) is 0 Å². The van der Waals surface area contributed by atoms with E-state index in [0.29, 0.717) is 0 Å². The standard InChI is InChI=1S/C10H20N2O/c1-5-6-7-8(2)12-10(3,4)9(11)13/h5,8,12H,1,6-7H2,2-4H3,(H2,11,13). The van der Waals surface area contributed by atoms with E-state index in [1.807, 2.05) is 13.0 Å². The molecular formula is C10H20N2O. The van der Waals surface area contributed by atoms with Gasteiger partial charge in [-0.1, -0.05) is 6.08 Å². The highest BCUT2D eigenvalue weighted by Gasteiger charge is 2.25. The zero-order chi connectivity index (χ0) is 10.5. The Bertz CT molecular complexity index is 187. The Morgan fingerprint density at radius 2 is 2.23 bits per heavy atom. The van der Waals surface area contributed by atoms with Gasteiger partial charge >= 0.3 is 0 Å². The Labute approximate surface area is 80.4 Å². The van der Waals surface area contributed by atoms with Crippen molar-refractivity contribution < 1.29 is 4.79 Å². The van der Waals surface area contributed by atoms with Gasteiger partial charge in [-0.2, -0.15) is 0 Å². The molecule has 0 aromatic carbocycles. The molecule has 0 aliphatic carbocycles. The summed E-state index contributed by atoms with van der Waals surface area (Å²) in [7, 11) is 0. The van der Waals surface area contributed by atoms with Crippen LogP contribution < -0.4 is 11.1 Å². The first-order valence-corrected chi connectivity index (χ1v) is 4.58. The van der Waals surface area contributed by atoms with E-state index < -0.39 is 5.54 Å². The van der Waals surface area contributed by atoms with E-state index in [1.165, 1.54) is 0 Å². The smallest absolute Gasteiger partial charge is 0.237 e. The Hall–Kier alpha value is -0.830. The average Bonchev–Trinajstić information content (AvgIpc) is 1.99. The molecule has 76 valence electrons. The quantitative estimate of drug-likeness (QED) is 0.609. The van der Waals surface area contributed by atoms with Gasteiger partial charge in [0.1, 0.15) is 0 Å². The largest absolute Gasteiger partial charge is 0.368 e. The van der Waals surface area contributed by atoms with Gasteiger partial charge in [0.2, 0.25) is 5.91 Å². The fourth-order valence-electron chi connectivity index (χ4n) is 1.13. The molecule has 1 amide bonds. The molecule has 0 aliphatic rings. The molecule has 0 heterocycles. The van der Waals surface area contributed by atoms with Crippen LogP contribution in [0.2, 0.25) is 0 Å². The third kappa shape index (κ3) is 4.68.